The zero-order valence-electron chi connectivity index (χ0n) is 13.0. The Bertz CT molecular complexity index is 818. The van der Waals surface area contributed by atoms with E-state index in [4.69, 9.17) is 0 Å². The van der Waals surface area contributed by atoms with Crippen LogP contribution in [-0.2, 0) is 4.79 Å². The number of imide groups is 1. The summed E-state index contributed by atoms with van der Waals surface area (Å²) in [5.74, 6) is -0.697. The topological polar surface area (TPSA) is 49.4 Å². The Morgan fingerprint density at radius 3 is 2.62 bits per heavy atom. The first-order chi connectivity index (χ1) is 11.5. The highest BCUT2D eigenvalue weighted by atomic mass is 32.2. The molecule has 122 valence electrons. The molecule has 0 aliphatic carbocycles. The maximum Gasteiger partial charge on any atom is 0.295 e. The fourth-order valence-corrected chi connectivity index (χ4v) is 3.11. The van der Waals surface area contributed by atoms with Gasteiger partial charge in [0, 0.05) is 5.69 Å². The van der Waals surface area contributed by atoms with E-state index in [1.54, 1.807) is 18.2 Å². The molecule has 0 unspecified atom stereocenters. The number of benzene rings is 2. The van der Waals surface area contributed by atoms with Crippen LogP contribution in [0.1, 0.15) is 11.1 Å². The summed E-state index contributed by atoms with van der Waals surface area (Å²) in [7, 11) is 0. The first-order valence-corrected chi connectivity index (χ1v) is 8.16. The molecule has 2 aromatic rings. The van der Waals surface area contributed by atoms with Gasteiger partial charge in [-0.25, -0.2) is 4.39 Å². The maximum atomic E-state index is 12.9. The Balaban J connectivity index is 1.71. The minimum atomic E-state index is -0.352. The fourth-order valence-electron chi connectivity index (χ4n) is 2.27. The van der Waals surface area contributed by atoms with E-state index >= 15 is 0 Å². The number of nitrogens with one attached hydrogen (secondary N) is 1. The van der Waals surface area contributed by atoms with Crippen LogP contribution in [0.25, 0.3) is 6.08 Å². The minimum absolute atomic E-state index is 0.106. The quantitative estimate of drug-likeness (QED) is 0.845. The highest BCUT2D eigenvalue weighted by Crippen LogP contribution is 2.32. The number of carbonyl (C=O) groups excluding carboxylic acids is 2. The monoisotopic (exact) mass is 342 g/mol. The number of hydrogen-bond donors (Lipinski definition) is 1. The maximum absolute atomic E-state index is 12.9. The molecule has 0 aromatic heterocycles. The van der Waals surface area contributed by atoms with Gasteiger partial charge in [0.25, 0.3) is 11.1 Å². The molecule has 2 amide bonds. The highest BCUT2D eigenvalue weighted by molar-refractivity contribution is 8.18. The molecule has 3 rings (SSSR count). The predicted octanol–water partition coefficient (Wildman–Crippen LogP) is 4.24. The van der Waals surface area contributed by atoms with Gasteiger partial charge in [-0.15, -0.1) is 0 Å². The lowest BCUT2D eigenvalue weighted by atomic mass is 10.2. The molecule has 1 saturated heterocycles. The Morgan fingerprint density at radius 2 is 1.92 bits per heavy atom. The number of rotatable bonds is 4. The zero-order valence-corrected chi connectivity index (χ0v) is 13.8. The number of halogens is 1. The van der Waals surface area contributed by atoms with Crippen molar-refractivity contribution in [1.29, 1.82) is 0 Å². The summed E-state index contributed by atoms with van der Waals surface area (Å²) < 4.78 is 12.9. The number of aryl methyl sites for hydroxylation is 1. The lowest BCUT2D eigenvalue weighted by Gasteiger charge is -2.14. The summed E-state index contributed by atoms with van der Waals surface area (Å²) in [6.45, 7) is 2.08. The summed E-state index contributed by atoms with van der Waals surface area (Å²) in [5, 5.41) is 2.75. The van der Waals surface area contributed by atoms with Crippen LogP contribution in [0.5, 0.6) is 0 Å². The van der Waals surface area contributed by atoms with Crippen LogP contribution in [0.3, 0.4) is 0 Å². The van der Waals surface area contributed by atoms with Gasteiger partial charge in [0.2, 0.25) is 0 Å². The Labute approximate surface area is 143 Å². The molecule has 0 spiro atoms. The molecule has 1 heterocycles. The van der Waals surface area contributed by atoms with Gasteiger partial charge in [-0.2, -0.15) is 0 Å². The van der Waals surface area contributed by atoms with Crippen molar-refractivity contribution in [3.63, 3.8) is 0 Å². The SMILES string of the molecule is Cc1cccc(NCN2C(=O)SC(=Cc3ccc(F)cc3)C2=O)c1. The molecule has 0 bridgehead atoms. The summed E-state index contributed by atoms with van der Waals surface area (Å²) >= 11 is 0.884. The van der Waals surface area contributed by atoms with E-state index < -0.39 is 0 Å². The summed E-state index contributed by atoms with van der Waals surface area (Å²) in [6, 6.07) is 13.4. The minimum Gasteiger partial charge on any atom is -0.367 e. The van der Waals surface area contributed by atoms with Crippen LogP contribution in [0.4, 0.5) is 14.9 Å². The van der Waals surface area contributed by atoms with E-state index in [1.807, 2.05) is 31.2 Å². The number of amides is 2. The summed E-state index contributed by atoms with van der Waals surface area (Å²) in [4.78, 5) is 25.9. The molecule has 0 saturated carbocycles. The van der Waals surface area contributed by atoms with Gasteiger partial charge in [0.05, 0.1) is 11.6 Å². The van der Waals surface area contributed by atoms with Crippen molar-refractivity contribution >= 4 is 34.7 Å². The average molecular weight is 342 g/mol. The van der Waals surface area contributed by atoms with Crippen molar-refractivity contribution in [3.8, 4) is 0 Å². The molecule has 2 aromatic carbocycles. The van der Waals surface area contributed by atoms with E-state index in [0.717, 1.165) is 27.9 Å². The van der Waals surface area contributed by atoms with Crippen molar-refractivity contribution in [2.24, 2.45) is 0 Å². The van der Waals surface area contributed by atoms with Gasteiger partial charge in [-0.3, -0.25) is 14.5 Å². The molecule has 0 radical (unpaired) electrons. The average Bonchev–Trinajstić information content (AvgIpc) is 2.82. The normalized spacial score (nSPS) is 16.1. The molecule has 24 heavy (non-hydrogen) atoms. The van der Waals surface area contributed by atoms with Gasteiger partial charge >= 0.3 is 0 Å². The molecule has 0 atom stereocenters. The second-order valence-electron chi connectivity index (χ2n) is 5.37. The molecule has 1 aliphatic heterocycles. The lowest BCUT2D eigenvalue weighted by molar-refractivity contribution is -0.122. The van der Waals surface area contributed by atoms with Gasteiger partial charge in [0.15, 0.2) is 0 Å². The number of hydrogen-bond acceptors (Lipinski definition) is 4. The summed E-state index contributed by atoms with van der Waals surface area (Å²) in [5.41, 5.74) is 2.61. The zero-order chi connectivity index (χ0) is 17.1. The number of anilines is 1. The van der Waals surface area contributed by atoms with Crippen LogP contribution in [-0.4, -0.2) is 22.7 Å². The fraction of sp³-hybridized carbons (Fsp3) is 0.111. The lowest BCUT2D eigenvalue weighted by Crippen LogP contribution is -2.33. The van der Waals surface area contributed by atoms with E-state index in [2.05, 4.69) is 5.32 Å². The van der Waals surface area contributed by atoms with E-state index in [9.17, 15) is 14.0 Å². The van der Waals surface area contributed by atoms with Gasteiger partial charge in [-0.1, -0.05) is 24.3 Å². The van der Waals surface area contributed by atoms with Gasteiger partial charge in [0.1, 0.15) is 5.82 Å². The van der Waals surface area contributed by atoms with Crippen molar-refractivity contribution in [2.45, 2.75) is 6.92 Å². The number of nitrogens with zero attached hydrogens (tertiary/aromatic N) is 1. The molecule has 1 aliphatic rings. The second kappa shape index (κ2) is 6.88. The Hall–Kier alpha value is -2.60. The second-order valence-corrected chi connectivity index (χ2v) is 6.36. The van der Waals surface area contributed by atoms with Crippen molar-refractivity contribution in [3.05, 3.63) is 70.4 Å². The largest absolute Gasteiger partial charge is 0.367 e. The van der Waals surface area contributed by atoms with E-state index in [0.29, 0.717) is 10.5 Å². The van der Waals surface area contributed by atoms with Crippen LogP contribution in [0, 0.1) is 12.7 Å². The van der Waals surface area contributed by atoms with Gasteiger partial charge in [-0.05, 0) is 60.2 Å². The third-order valence-electron chi connectivity index (χ3n) is 3.50. The van der Waals surface area contributed by atoms with Gasteiger partial charge < -0.3 is 5.32 Å². The first kappa shape index (κ1) is 16.3. The number of thioether (sulfide) groups is 1. The number of carbonyl (C=O) groups is 2. The molecule has 6 heteroatoms. The van der Waals surface area contributed by atoms with Crippen molar-refractivity contribution in [2.75, 3.05) is 12.0 Å². The van der Waals surface area contributed by atoms with Crippen LogP contribution >= 0.6 is 11.8 Å². The predicted molar refractivity (Wildman–Crippen MR) is 93.9 cm³/mol. The van der Waals surface area contributed by atoms with Crippen LogP contribution in [0.15, 0.2) is 53.4 Å². The third kappa shape index (κ3) is 3.65. The third-order valence-corrected chi connectivity index (χ3v) is 4.41. The Morgan fingerprint density at radius 1 is 1.17 bits per heavy atom. The van der Waals surface area contributed by atoms with Crippen LogP contribution < -0.4 is 5.32 Å². The van der Waals surface area contributed by atoms with Crippen LogP contribution in [0.2, 0.25) is 0 Å². The molecule has 1 fully saturated rings. The van der Waals surface area contributed by atoms with Crippen molar-refractivity contribution < 1.29 is 14.0 Å². The highest BCUT2D eigenvalue weighted by Gasteiger charge is 2.34. The first-order valence-electron chi connectivity index (χ1n) is 7.34. The smallest absolute Gasteiger partial charge is 0.295 e. The Kier molecular flexibility index (Phi) is 4.66. The van der Waals surface area contributed by atoms with Crippen molar-refractivity contribution in [1.82, 2.24) is 4.90 Å². The molecular formula is C18H15FN2O2S. The molecule has 1 N–H and O–H groups in total. The van der Waals surface area contributed by atoms with E-state index in [-0.39, 0.29) is 23.6 Å². The molecular weight excluding hydrogens is 327 g/mol. The van der Waals surface area contributed by atoms with E-state index in [1.165, 1.54) is 12.1 Å². The summed E-state index contributed by atoms with van der Waals surface area (Å²) in [6.07, 6.45) is 1.59. The standard InChI is InChI=1S/C18H15FN2O2S/c1-12-3-2-4-15(9-12)20-11-21-17(22)16(24-18(21)23)10-13-5-7-14(19)8-6-13/h2-10,20H,11H2,1H3. The molecule has 4 nitrogen and oxygen atoms in total.